The van der Waals surface area contributed by atoms with Crippen LogP contribution in [0.1, 0.15) is 13.3 Å². The molecule has 71 valence electrons. The number of carbonyl (C=O) groups is 2. The molecule has 0 fully saturated rings. The van der Waals surface area contributed by atoms with E-state index < -0.39 is 11.8 Å². The van der Waals surface area contributed by atoms with Gasteiger partial charge >= 0.3 is 11.8 Å². The van der Waals surface area contributed by atoms with E-state index in [9.17, 15) is 9.59 Å². The smallest absolute Gasteiger partial charge is 0.309 e. The van der Waals surface area contributed by atoms with E-state index in [4.69, 9.17) is 6.58 Å². The minimum Gasteiger partial charge on any atom is -0.518 e. The van der Waals surface area contributed by atoms with Crippen LogP contribution in [0.3, 0.4) is 0 Å². The summed E-state index contributed by atoms with van der Waals surface area (Å²) in [6, 6.07) is 0. The predicted octanol–water partition coefficient (Wildman–Crippen LogP) is -0.385. The molecule has 1 radical (unpaired) electrons. The van der Waals surface area contributed by atoms with Crippen molar-refractivity contribution in [3.63, 3.8) is 0 Å². The second-order valence-electron chi connectivity index (χ2n) is 2.14. The zero-order valence-electron chi connectivity index (χ0n) is 7.67. The fourth-order valence-electron chi connectivity index (χ4n) is 0.590. The minimum absolute atomic E-state index is 0. The van der Waals surface area contributed by atoms with Gasteiger partial charge in [0.25, 0.3) is 0 Å². The van der Waals surface area contributed by atoms with Gasteiger partial charge in [-0.2, -0.15) is 0 Å². The fourth-order valence-corrected chi connectivity index (χ4v) is 0.590. The Bertz CT molecular complexity index is 183. The third-order valence-corrected chi connectivity index (χ3v) is 1.14. The summed E-state index contributed by atoms with van der Waals surface area (Å²) in [5, 5.41) is 4.79. The van der Waals surface area contributed by atoms with Crippen molar-refractivity contribution in [2.75, 3.05) is 13.1 Å². The Morgan fingerprint density at radius 3 is 2.31 bits per heavy atom. The number of hydrogen-bond acceptors (Lipinski definition) is 2. The van der Waals surface area contributed by atoms with E-state index in [1.807, 2.05) is 0 Å². The predicted molar refractivity (Wildman–Crippen MR) is 45.2 cm³/mol. The van der Waals surface area contributed by atoms with Crippen molar-refractivity contribution in [2.45, 2.75) is 13.3 Å². The molecule has 0 aromatic rings. The molecular weight excluding hydrogens is 245 g/mol. The van der Waals surface area contributed by atoms with Crippen molar-refractivity contribution in [1.82, 2.24) is 10.6 Å². The van der Waals surface area contributed by atoms with E-state index in [-0.39, 0.29) is 32.7 Å². The average molecular weight is 258 g/mol. The van der Waals surface area contributed by atoms with Crippen LogP contribution in [0.4, 0.5) is 0 Å². The summed E-state index contributed by atoms with van der Waals surface area (Å²) in [5.74, 6) is -1.21. The van der Waals surface area contributed by atoms with Crippen LogP contribution in [0.5, 0.6) is 0 Å². The first-order valence-electron chi connectivity index (χ1n) is 3.81. The molecule has 0 heterocycles. The molecule has 0 bridgehead atoms. The quantitative estimate of drug-likeness (QED) is 0.410. The standard InChI is InChI=1S/C8H13N2O2.Y/c1-3-5-6-10-8(12)7(11)9-4-2;/h1,3H,4-6H2,2H3,(H,9,11)(H,10,12);/q-1;. The van der Waals surface area contributed by atoms with Crippen molar-refractivity contribution in [1.29, 1.82) is 0 Å². The van der Waals surface area contributed by atoms with Gasteiger partial charge in [0, 0.05) is 45.8 Å². The molecule has 0 atom stereocenters. The third-order valence-electron chi connectivity index (χ3n) is 1.14. The number of hydrogen-bond donors (Lipinski definition) is 2. The monoisotopic (exact) mass is 258 g/mol. The summed E-state index contributed by atoms with van der Waals surface area (Å²) < 4.78 is 0. The molecule has 0 aliphatic rings. The minimum atomic E-state index is -0.612. The first-order valence-corrected chi connectivity index (χ1v) is 3.81. The van der Waals surface area contributed by atoms with Gasteiger partial charge in [0.15, 0.2) is 0 Å². The van der Waals surface area contributed by atoms with Gasteiger partial charge in [-0.05, 0) is 13.3 Å². The number of carbonyl (C=O) groups excluding carboxylic acids is 2. The summed E-state index contributed by atoms with van der Waals surface area (Å²) in [6.45, 7) is 7.67. The Morgan fingerprint density at radius 1 is 1.31 bits per heavy atom. The first-order chi connectivity index (χ1) is 5.72. The van der Waals surface area contributed by atoms with Crippen LogP contribution >= 0.6 is 0 Å². The Labute approximate surface area is 103 Å². The molecule has 13 heavy (non-hydrogen) atoms. The van der Waals surface area contributed by atoms with Crippen LogP contribution in [0.2, 0.25) is 0 Å². The van der Waals surface area contributed by atoms with Gasteiger partial charge in [-0.3, -0.25) is 15.7 Å². The van der Waals surface area contributed by atoms with E-state index in [0.717, 1.165) is 0 Å². The van der Waals surface area contributed by atoms with Crippen LogP contribution in [0.15, 0.2) is 6.08 Å². The molecule has 2 N–H and O–H groups in total. The molecule has 0 aliphatic carbocycles. The number of likely N-dealkylation sites (N-methyl/N-ethyl adjacent to an activating group) is 1. The second-order valence-corrected chi connectivity index (χ2v) is 2.14. The van der Waals surface area contributed by atoms with Crippen LogP contribution < -0.4 is 10.6 Å². The van der Waals surface area contributed by atoms with Gasteiger partial charge in [-0.1, -0.05) is 0 Å². The fraction of sp³-hybridized carbons (Fsp3) is 0.500. The Balaban J connectivity index is 0. The number of amides is 2. The zero-order valence-corrected chi connectivity index (χ0v) is 10.5. The van der Waals surface area contributed by atoms with Gasteiger partial charge in [-0.15, -0.1) is 0 Å². The van der Waals surface area contributed by atoms with Crippen molar-refractivity contribution < 1.29 is 42.3 Å². The Hall–Kier alpha value is -0.216. The van der Waals surface area contributed by atoms with Crippen molar-refractivity contribution >= 4 is 11.8 Å². The third kappa shape index (κ3) is 8.12. The van der Waals surface area contributed by atoms with E-state index >= 15 is 0 Å². The largest absolute Gasteiger partial charge is 0.518 e. The van der Waals surface area contributed by atoms with Crippen molar-refractivity contribution in [3.05, 3.63) is 12.7 Å². The SMILES string of the molecule is [CH-]=CCCNC(=O)C(=O)NCC.[Y]. The molecule has 0 saturated carbocycles. The molecule has 5 heteroatoms. The van der Waals surface area contributed by atoms with Gasteiger partial charge in [0.05, 0.1) is 0 Å². The molecular formula is C8H13N2O2Y-. The van der Waals surface area contributed by atoms with Crippen molar-refractivity contribution in [3.8, 4) is 0 Å². The second kappa shape index (κ2) is 9.87. The maximum Gasteiger partial charge on any atom is 0.309 e. The van der Waals surface area contributed by atoms with Crippen LogP contribution in [-0.2, 0) is 42.3 Å². The molecule has 0 aliphatic heterocycles. The Kier molecular flexibility index (Phi) is 11.6. The maximum absolute atomic E-state index is 10.8. The van der Waals surface area contributed by atoms with Crippen LogP contribution in [-0.4, -0.2) is 24.9 Å². The van der Waals surface area contributed by atoms with Gasteiger partial charge in [-0.25, -0.2) is 0 Å². The first kappa shape index (κ1) is 15.3. The summed E-state index contributed by atoms with van der Waals surface area (Å²) in [4.78, 5) is 21.6. The normalized spacial score (nSPS) is 8.08. The van der Waals surface area contributed by atoms with E-state index in [2.05, 4.69) is 10.6 Å². The molecule has 0 unspecified atom stereocenters. The molecule has 0 saturated heterocycles. The van der Waals surface area contributed by atoms with Gasteiger partial charge in [0.1, 0.15) is 0 Å². The molecule has 0 aromatic carbocycles. The summed E-state index contributed by atoms with van der Waals surface area (Å²) in [5.41, 5.74) is 0. The average Bonchev–Trinajstić information content (AvgIpc) is 2.05. The zero-order chi connectivity index (χ0) is 9.40. The maximum atomic E-state index is 10.8. The van der Waals surface area contributed by atoms with Gasteiger partial charge in [0.2, 0.25) is 0 Å². The van der Waals surface area contributed by atoms with Crippen LogP contribution in [0, 0.1) is 6.58 Å². The molecule has 0 rings (SSSR count). The summed E-state index contributed by atoms with van der Waals surface area (Å²) in [7, 11) is 0. The molecule has 2 amide bonds. The molecule has 4 nitrogen and oxygen atoms in total. The molecule has 0 aromatic heterocycles. The van der Waals surface area contributed by atoms with E-state index in [1.165, 1.54) is 6.08 Å². The Morgan fingerprint density at radius 2 is 1.85 bits per heavy atom. The molecule has 0 spiro atoms. The van der Waals surface area contributed by atoms with E-state index in [1.54, 1.807) is 6.92 Å². The summed E-state index contributed by atoms with van der Waals surface area (Å²) >= 11 is 0. The van der Waals surface area contributed by atoms with Gasteiger partial charge < -0.3 is 17.2 Å². The van der Waals surface area contributed by atoms with Crippen LogP contribution in [0.25, 0.3) is 0 Å². The topological polar surface area (TPSA) is 58.2 Å². The van der Waals surface area contributed by atoms with E-state index in [0.29, 0.717) is 19.5 Å². The van der Waals surface area contributed by atoms with Crippen molar-refractivity contribution in [2.24, 2.45) is 0 Å². The number of rotatable bonds is 4. The number of nitrogens with one attached hydrogen (secondary N) is 2. The summed E-state index contributed by atoms with van der Waals surface area (Å²) in [6.07, 6.45) is 1.99.